The Morgan fingerprint density at radius 1 is 1.52 bits per heavy atom. The molecule has 2 rings (SSSR count). The van der Waals surface area contributed by atoms with Gasteiger partial charge in [0, 0.05) is 6.54 Å². The minimum atomic E-state index is -0.764. The largest absolute Gasteiger partial charge is 0.467 e. The first-order valence-corrected chi connectivity index (χ1v) is 6.99. The van der Waals surface area contributed by atoms with E-state index in [1.54, 1.807) is 19.1 Å². The van der Waals surface area contributed by atoms with Crippen LogP contribution in [0.25, 0.3) is 0 Å². The topological polar surface area (TPSA) is 94.8 Å². The summed E-state index contributed by atoms with van der Waals surface area (Å²) in [7, 11) is 0. The van der Waals surface area contributed by atoms with Gasteiger partial charge in [-0.3, -0.25) is 15.0 Å². The minimum absolute atomic E-state index is 0.102. The molecule has 1 fully saturated rings. The summed E-state index contributed by atoms with van der Waals surface area (Å²) in [5.74, 6) is 0.231. The van der Waals surface area contributed by atoms with Crippen LogP contribution in [0.15, 0.2) is 22.8 Å². The van der Waals surface area contributed by atoms with Gasteiger partial charge < -0.3 is 14.8 Å². The summed E-state index contributed by atoms with van der Waals surface area (Å²) in [6.45, 7) is 3.27. The fourth-order valence-electron chi connectivity index (χ4n) is 2.45. The van der Waals surface area contributed by atoms with Gasteiger partial charge >= 0.3 is 6.03 Å². The van der Waals surface area contributed by atoms with Gasteiger partial charge in [-0.2, -0.15) is 0 Å². The van der Waals surface area contributed by atoms with Crippen molar-refractivity contribution in [1.29, 1.82) is 0 Å². The molecular weight excluding hydrogens is 274 g/mol. The van der Waals surface area contributed by atoms with Crippen LogP contribution in [0.2, 0.25) is 0 Å². The highest BCUT2D eigenvalue weighted by atomic mass is 16.3. The number of piperidine rings is 1. The fraction of sp³-hybridized carbons (Fsp3) is 0.571. The van der Waals surface area contributed by atoms with Crippen LogP contribution >= 0.6 is 0 Å². The zero-order valence-corrected chi connectivity index (χ0v) is 12.1. The van der Waals surface area contributed by atoms with Gasteiger partial charge in [-0.15, -0.1) is 0 Å². The molecule has 7 nitrogen and oxygen atoms in total. The lowest BCUT2D eigenvalue weighted by Crippen LogP contribution is -2.50. The maximum Gasteiger partial charge on any atom is 0.321 e. The molecule has 21 heavy (non-hydrogen) atoms. The molecule has 0 spiro atoms. The average Bonchev–Trinajstić information content (AvgIpc) is 2.88. The van der Waals surface area contributed by atoms with Crippen molar-refractivity contribution in [2.24, 2.45) is 0 Å². The highest BCUT2D eigenvalue weighted by molar-refractivity contribution is 5.95. The van der Waals surface area contributed by atoms with Gasteiger partial charge in [0.2, 0.25) is 5.91 Å². The molecule has 2 heterocycles. The Morgan fingerprint density at radius 3 is 3.00 bits per heavy atom. The van der Waals surface area contributed by atoms with Gasteiger partial charge in [-0.05, 0) is 38.4 Å². The summed E-state index contributed by atoms with van der Waals surface area (Å²) in [6.07, 6.45) is 3.09. The normalized spacial score (nSPS) is 22.8. The van der Waals surface area contributed by atoms with Gasteiger partial charge in [-0.1, -0.05) is 0 Å². The minimum Gasteiger partial charge on any atom is -0.467 e. The van der Waals surface area contributed by atoms with Gasteiger partial charge in [0.25, 0.3) is 0 Å². The Morgan fingerprint density at radius 2 is 2.33 bits per heavy atom. The van der Waals surface area contributed by atoms with E-state index in [-0.39, 0.29) is 19.0 Å². The summed E-state index contributed by atoms with van der Waals surface area (Å²) >= 11 is 0. The Balaban J connectivity index is 1.70. The maximum atomic E-state index is 11.8. The molecule has 0 aromatic carbocycles. The summed E-state index contributed by atoms with van der Waals surface area (Å²) in [6, 6.07) is 2.90. The monoisotopic (exact) mass is 295 g/mol. The number of nitrogens with one attached hydrogen (secondary N) is 2. The summed E-state index contributed by atoms with van der Waals surface area (Å²) < 4.78 is 5.07. The number of hydrogen-bond donors (Lipinski definition) is 3. The van der Waals surface area contributed by atoms with Crippen LogP contribution in [0.4, 0.5) is 4.79 Å². The van der Waals surface area contributed by atoms with Crippen LogP contribution < -0.4 is 10.6 Å². The van der Waals surface area contributed by atoms with Crippen LogP contribution in [0, 0.1) is 0 Å². The highest BCUT2D eigenvalue weighted by Gasteiger charge is 2.29. The SMILES string of the molecule is CC1(O)CCCN(CC(=O)NC(=O)NCc2ccco2)C1. The number of carbonyl (C=O) groups is 2. The van der Waals surface area contributed by atoms with E-state index < -0.39 is 11.6 Å². The lowest BCUT2D eigenvalue weighted by atomic mass is 9.95. The number of imide groups is 1. The lowest BCUT2D eigenvalue weighted by Gasteiger charge is -2.36. The third kappa shape index (κ3) is 5.20. The van der Waals surface area contributed by atoms with Gasteiger partial charge in [-0.25, -0.2) is 4.79 Å². The molecule has 1 aromatic rings. The van der Waals surface area contributed by atoms with Crippen LogP contribution in [0.3, 0.4) is 0 Å². The van der Waals surface area contributed by atoms with E-state index in [1.165, 1.54) is 6.26 Å². The van der Waals surface area contributed by atoms with Crippen molar-refractivity contribution in [2.75, 3.05) is 19.6 Å². The van der Waals surface area contributed by atoms with Crippen molar-refractivity contribution in [3.8, 4) is 0 Å². The Labute approximate surface area is 123 Å². The number of urea groups is 1. The number of aliphatic hydroxyl groups is 1. The molecule has 116 valence electrons. The third-order valence-electron chi connectivity index (χ3n) is 3.38. The van der Waals surface area contributed by atoms with Crippen molar-refractivity contribution in [1.82, 2.24) is 15.5 Å². The predicted molar refractivity (Wildman–Crippen MR) is 75.4 cm³/mol. The molecule has 1 atom stereocenters. The first-order chi connectivity index (χ1) is 9.94. The number of furan rings is 1. The average molecular weight is 295 g/mol. The van der Waals surface area contributed by atoms with E-state index in [1.807, 2.05) is 4.90 Å². The molecule has 1 aliphatic heterocycles. The first-order valence-electron chi connectivity index (χ1n) is 6.99. The number of amides is 3. The molecule has 3 N–H and O–H groups in total. The molecule has 0 radical (unpaired) electrons. The molecule has 1 aromatic heterocycles. The van der Waals surface area contributed by atoms with E-state index in [0.29, 0.717) is 12.3 Å². The standard InChI is InChI=1S/C14H21N3O4/c1-14(20)5-3-6-17(10-14)9-12(18)16-13(19)15-8-11-4-2-7-21-11/h2,4,7,20H,3,5-6,8-10H2,1H3,(H2,15,16,18,19). The second-order valence-corrected chi connectivity index (χ2v) is 5.62. The third-order valence-corrected chi connectivity index (χ3v) is 3.38. The molecule has 1 aliphatic rings. The van der Waals surface area contributed by atoms with E-state index in [2.05, 4.69) is 10.6 Å². The quantitative estimate of drug-likeness (QED) is 0.750. The van der Waals surface area contributed by atoms with Crippen LogP contribution in [0.5, 0.6) is 0 Å². The van der Waals surface area contributed by atoms with Gasteiger partial charge in [0.15, 0.2) is 0 Å². The second-order valence-electron chi connectivity index (χ2n) is 5.62. The van der Waals surface area contributed by atoms with Crippen molar-refractivity contribution >= 4 is 11.9 Å². The summed E-state index contributed by atoms with van der Waals surface area (Å²) in [5.41, 5.74) is -0.764. The second kappa shape index (κ2) is 6.73. The van der Waals surface area contributed by atoms with Crippen LogP contribution in [-0.4, -0.2) is 47.2 Å². The Kier molecular flexibility index (Phi) is 4.98. The Hall–Kier alpha value is -1.86. The van der Waals surface area contributed by atoms with E-state index in [0.717, 1.165) is 19.4 Å². The number of rotatable bonds is 4. The molecular formula is C14H21N3O4. The Bertz CT molecular complexity index is 484. The van der Waals surface area contributed by atoms with Crippen molar-refractivity contribution < 1.29 is 19.1 Å². The van der Waals surface area contributed by atoms with Crippen molar-refractivity contribution in [2.45, 2.75) is 31.9 Å². The van der Waals surface area contributed by atoms with Crippen molar-refractivity contribution in [3.05, 3.63) is 24.2 Å². The summed E-state index contributed by atoms with van der Waals surface area (Å²) in [5, 5.41) is 14.8. The molecule has 0 saturated carbocycles. The van der Waals surface area contributed by atoms with Crippen LogP contribution in [-0.2, 0) is 11.3 Å². The lowest BCUT2D eigenvalue weighted by molar-refractivity contribution is -0.122. The smallest absolute Gasteiger partial charge is 0.321 e. The number of likely N-dealkylation sites (tertiary alicyclic amines) is 1. The van der Waals surface area contributed by atoms with Gasteiger partial charge in [0.05, 0.1) is 25.0 Å². The van der Waals surface area contributed by atoms with E-state index >= 15 is 0 Å². The van der Waals surface area contributed by atoms with E-state index in [9.17, 15) is 14.7 Å². The molecule has 7 heteroatoms. The zero-order chi connectivity index (χ0) is 15.3. The number of hydrogen-bond acceptors (Lipinski definition) is 5. The summed E-state index contributed by atoms with van der Waals surface area (Å²) in [4.78, 5) is 25.2. The first kappa shape index (κ1) is 15.5. The van der Waals surface area contributed by atoms with Crippen molar-refractivity contribution in [3.63, 3.8) is 0 Å². The molecule has 0 bridgehead atoms. The van der Waals surface area contributed by atoms with Gasteiger partial charge in [0.1, 0.15) is 5.76 Å². The highest BCUT2D eigenvalue weighted by Crippen LogP contribution is 2.19. The maximum absolute atomic E-state index is 11.8. The molecule has 1 unspecified atom stereocenters. The molecule has 0 aliphatic carbocycles. The predicted octanol–water partition coefficient (Wildman–Crippen LogP) is 0.452. The zero-order valence-electron chi connectivity index (χ0n) is 12.1. The number of carbonyl (C=O) groups excluding carboxylic acids is 2. The fourth-order valence-corrected chi connectivity index (χ4v) is 2.45. The number of nitrogens with zero attached hydrogens (tertiary/aromatic N) is 1. The van der Waals surface area contributed by atoms with E-state index in [4.69, 9.17) is 4.42 Å². The number of β-amino-alcohol motifs (C(OH)–C–C–N with tert-alkyl or cyclic N) is 1. The molecule has 1 saturated heterocycles. The molecule has 3 amide bonds. The van der Waals surface area contributed by atoms with Crippen LogP contribution in [0.1, 0.15) is 25.5 Å².